The van der Waals surface area contributed by atoms with Gasteiger partial charge in [-0.1, -0.05) is 78.8 Å². The summed E-state index contributed by atoms with van der Waals surface area (Å²) in [5.41, 5.74) is 3.32. The molecule has 3 aromatic rings. The van der Waals surface area contributed by atoms with Crippen molar-refractivity contribution < 1.29 is 9.59 Å². The standard InChI is InChI=1S/C25H27BrN4O2S/c1-3-13-33-25-28-16-20(26)22(30-25)24(32)29-21(14-18-7-5-4-6-8-18)23(31)27-15-19-11-9-17(2)10-12-19/h4-12,16,21H,3,13-15H2,1-2H3,(H,27,31)(H,29,32)/t21-/m1/s1. The predicted molar refractivity (Wildman–Crippen MR) is 135 cm³/mol. The van der Waals surface area contributed by atoms with Gasteiger partial charge in [0.1, 0.15) is 11.7 Å². The number of thioether (sulfide) groups is 1. The van der Waals surface area contributed by atoms with E-state index in [-0.39, 0.29) is 11.6 Å². The van der Waals surface area contributed by atoms with Crippen molar-refractivity contribution in [2.75, 3.05) is 5.75 Å². The number of aryl methyl sites for hydroxylation is 1. The Labute approximate surface area is 207 Å². The van der Waals surface area contributed by atoms with E-state index in [0.29, 0.717) is 22.6 Å². The maximum Gasteiger partial charge on any atom is 0.271 e. The summed E-state index contributed by atoms with van der Waals surface area (Å²) in [4.78, 5) is 34.8. The summed E-state index contributed by atoms with van der Waals surface area (Å²) in [6, 6.07) is 16.8. The number of hydrogen-bond donors (Lipinski definition) is 2. The van der Waals surface area contributed by atoms with Crippen LogP contribution in [0.25, 0.3) is 0 Å². The van der Waals surface area contributed by atoms with Gasteiger partial charge in [-0.2, -0.15) is 0 Å². The first-order valence-corrected chi connectivity index (χ1v) is 12.6. The van der Waals surface area contributed by atoms with Crippen molar-refractivity contribution in [3.05, 3.63) is 87.7 Å². The van der Waals surface area contributed by atoms with E-state index in [1.165, 1.54) is 11.8 Å². The van der Waals surface area contributed by atoms with Crippen molar-refractivity contribution in [3.63, 3.8) is 0 Å². The van der Waals surface area contributed by atoms with Crippen LogP contribution in [0.5, 0.6) is 0 Å². The molecule has 0 bridgehead atoms. The van der Waals surface area contributed by atoms with Crippen LogP contribution in [0.3, 0.4) is 0 Å². The van der Waals surface area contributed by atoms with Gasteiger partial charge in [0.25, 0.3) is 5.91 Å². The average Bonchev–Trinajstić information content (AvgIpc) is 2.83. The minimum Gasteiger partial charge on any atom is -0.350 e. The highest BCUT2D eigenvalue weighted by Crippen LogP contribution is 2.19. The number of carbonyl (C=O) groups is 2. The molecule has 8 heteroatoms. The van der Waals surface area contributed by atoms with Gasteiger partial charge in [0, 0.05) is 24.9 Å². The molecule has 1 aromatic heterocycles. The molecule has 172 valence electrons. The molecule has 1 heterocycles. The molecular formula is C25H27BrN4O2S. The molecule has 33 heavy (non-hydrogen) atoms. The van der Waals surface area contributed by atoms with Crippen LogP contribution in [0.1, 0.15) is 40.5 Å². The Morgan fingerprint density at radius 3 is 2.48 bits per heavy atom. The van der Waals surface area contributed by atoms with Gasteiger partial charge in [-0.3, -0.25) is 9.59 Å². The molecule has 0 unspecified atom stereocenters. The first-order valence-electron chi connectivity index (χ1n) is 10.8. The number of nitrogens with zero attached hydrogens (tertiary/aromatic N) is 2. The van der Waals surface area contributed by atoms with Crippen molar-refractivity contribution in [2.45, 2.75) is 44.4 Å². The predicted octanol–water partition coefficient (Wildman–Crippen LogP) is 4.71. The second-order valence-electron chi connectivity index (χ2n) is 7.62. The monoisotopic (exact) mass is 526 g/mol. The third-order valence-corrected chi connectivity index (χ3v) is 6.51. The molecule has 0 radical (unpaired) electrons. The molecule has 0 saturated carbocycles. The Morgan fingerprint density at radius 1 is 1.06 bits per heavy atom. The van der Waals surface area contributed by atoms with Crippen LogP contribution in [-0.4, -0.2) is 33.6 Å². The number of aromatic nitrogens is 2. The van der Waals surface area contributed by atoms with Gasteiger partial charge in [-0.05, 0) is 40.4 Å². The van der Waals surface area contributed by atoms with Crippen LogP contribution in [0.15, 0.2) is 70.4 Å². The van der Waals surface area contributed by atoms with E-state index < -0.39 is 11.9 Å². The molecule has 0 spiro atoms. The Balaban J connectivity index is 1.75. The fourth-order valence-electron chi connectivity index (χ4n) is 3.08. The summed E-state index contributed by atoms with van der Waals surface area (Å²) in [6.07, 6.45) is 2.92. The normalized spacial score (nSPS) is 11.6. The minimum absolute atomic E-state index is 0.216. The fraction of sp³-hybridized carbons (Fsp3) is 0.280. The maximum atomic E-state index is 13.1. The Morgan fingerprint density at radius 2 is 1.79 bits per heavy atom. The second-order valence-corrected chi connectivity index (χ2v) is 9.53. The molecule has 0 fully saturated rings. The molecule has 2 amide bonds. The molecule has 0 aliphatic rings. The summed E-state index contributed by atoms with van der Waals surface area (Å²) < 4.78 is 0.486. The van der Waals surface area contributed by atoms with Crippen molar-refractivity contribution in [3.8, 4) is 0 Å². The van der Waals surface area contributed by atoms with Crippen LogP contribution < -0.4 is 10.6 Å². The Bertz CT molecular complexity index is 1080. The van der Waals surface area contributed by atoms with Crippen molar-refractivity contribution in [1.82, 2.24) is 20.6 Å². The first-order chi connectivity index (χ1) is 16.0. The number of benzene rings is 2. The lowest BCUT2D eigenvalue weighted by Gasteiger charge is -2.19. The van der Waals surface area contributed by atoms with Gasteiger partial charge in [0.05, 0.1) is 4.47 Å². The minimum atomic E-state index is -0.751. The summed E-state index contributed by atoms with van der Waals surface area (Å²) in [5, 5.41) is 6.35. The van der Waals surface area contributed by atoms with E-state index >= 15 is 0 Å². The summed E-state index contributed by atoms with van der Waals surface area (Å²) in [7, 11) is 0. The van der Waals surface area contributed by atoms with Crippen molar-refractivity contribution in [1.29, 1.82) is 0 Å². The number of amides is 2. The highest BCUT2D eigenvalue weighted by Gasteiger charge is 2.24. The van der Waals surface area contributed by atoms with Crippen LogP contribution in [-0.2, 0) is 17.8 Å². The van der Waals surface area contributed by atoms with Crippen LogP contribution >= 0.6 is 27.7 Å². The van der Waals surface area contributed by atoms with Crippen LogP contribution in [0.4, 0.5) is 0 Å². The van der Waals surface area contributed by atoms with E-state index in [0.717, 1.165) is 28.9 Å². The van der Waals surface area contributed by atoms with E-state index in [1.807, 2.05) is 61.5 Å². The SMILES string of the molecule is CCCSc1ncc(Br)c(C(=O)N[C@H](Cc2ccccc2)C(=O)NCc2ccc(C)cc2)n1. The molecule has 2 aromatic carbocycles. The number of rotatable bonds is 10. The summed E-state index contributed by atoms with van der Waals surface area (Å²) >= 11 is 4.86. The molecule has 0 saturated heterocycles. The maximum absolute atomic E-state index is 13.1. The molecular weight excluding hydrogens is 500 g/mol. The topological polar surface area (TPSA) is 84.0 Å². The zero-order valence-electron chi connectivity index (χ0n) is 18.7. The third-order valence-electron chi connectivity index (χ3n) is 4.86. The lowest BCUT2D eigenvalue weighted by atomic mass is 10.0. The van der Waals surface area contributed by atoms with E-state index in [2.05, 4.69) is 43.5 Å². The third kappa shape index (κ3) is 7.68. The first kappa shape index (κ1) is 24.9. The number of hydrogen-bond acceptors (Lipinski definition) is 5. The van der Waals surface area contributed by atoms with E-state index in [1.54, 1.807) is 6.20 Å². The Hall–Kier alpha value is -2.71. The van der Waals surface area contributed by atoms with Crippen LogP contribution in [0, 0.1) is 6.92 Å². The zero-order valence-corrected chi connectivity index (χ0v) is 21.1. The fourth-order valence-corrected chi connectivity index (χ4v) is 4.12. The smallest absolute Gasteiger partial charge is 0.271 e. The van der Waals surface area contributed by atoms with Gasteiger partial charge < -0.3 is 10.6 Å². The lowest BCUT2D eigenvalue weighted by Crippen LogP contribution is -2.48. The molecule has 1 atom stereocenters. The van der Waals surface area contributed by atoms with E-state index in [9.17, 15) is 9.59 Å². The van der Waals surface area contributed by atoms with Crippen molar-refractivity contribution >= 4 is 39.5 Å². The number of carbonyl (C=O) groups excluding carboxylic acids is 2. The van der Waals surface area contributed by atoms with Crippen LogP contribution in [0.2, 0.25) is 0 Å². The molecule has 6 nitrogen and oxygen atoms in total. The molecule has 0 aliphatic carbocycles. The number of nitrogens with one attached hydrogen (secondary N) is 2. The molecule has 0 aliphatic heterocycles. The average molecular weight is 527 g/mol. The second kappa shape index (κ2) is 12.5. The van der Waals surface area contributed by atoms with Gasteiger partial charge in [-0.15, -0.1) is 0 Å². The zero-order chi connectivity index (χ0) is 23.6. The van der Waals surface area contributed by atoms with Gasteiger partial charge in [0.2, 0.25) is 5.91 Å². The lowest BCUT2D eigenvalue weighted by molar-refractivity contribution is -0.123. The summed E-state index contributed by atoms with van der Waals surface area (Å²) in [5.74, 6) is 0.188. The molecule has 2 N–H and O–H groups in total. The van der Waals surface area contributed by atoms with E-state index in [4.69, 9.17) is 0 Å². The summed E-state index contributed by atoms with van der Waals surface area (Å²) in [6.45, 7) is 4.48. The van der Waals surface area contributed by atoms with Crippen molar-refractivity contribution in [2.24, 2.45) is 0 Å². The largest absolute Gasteiger partial charge is 0.350 e. The highest BCUT2D eigenvalue weighted by atomic mass is 79.9. The van der Waals surface area contributed by atoms with Gasteiger partial charge >= 0.3 is 0 Å². The molecule has 3 rings (SSSR count). The quantitative estimate of drug-likeness (QED) is 0.295. The highest BCUT2D eigenvalue weighted by molar-refractivity contribution is 9.10. The Kier molecular flexibility index (Phi) is 9.45. The van der Waals surface area contributed by atoms with Gasteiger partial charge in [0.15, 0.2) is 5.16 Å². The van der Waals surface area contributed by atoms with Gasteiger partial charge in [-0.25, -0.2) is 9.97 Å². The number of halogens is 1.